The van der Waals surface area contributed by atoms with Crippen LogP contribution < -0.4 is 5.32 Å². The number of hydrogen-bond acceptors (Lipinski definition) is 2. The number of rotatable bonds is 3. The first-order valence-electron chi connectivity index (χ1n) is 4.39. The first-order chi connectivity index (χ1) is 7.13. The zero-order valence-electron chi connectivity index (χ0n) is 8.22. The minimum Gasteiger partial charge on any atom is -0.448 e. The molecule has 15 heavy (non-hydrogen) atoms. The van der Waals surface area contributed by atoms with Gasteiger partial charge in [-0.05, 0) is 24.6 Å². The van der Waals surface area contributed by atoms with Gasteiger partial charge in [-0.3, -0.25) is 5.32 Å². The molecule has 3 nitrogen and oxygen atoms in total. The molecule has 0 aliphatic carbocycles. The van der Waals surface area contributed by atoms with E-state index in [2.05, 4.69) is 5.32 Å². The number of anilines is 1. The van der Waals surface area contributed by atoms with Crippen molar-refractivity contribution in [1.29, 1.82) is 0 Å². The van der Waals surface area contributed by atoms with E-state index in [1.54, 1.807) is 12.1 Å². The maximum absolute atomic E-state index is 11.2. The molecule has 0 aromatic heterocycles. The van der Waals surface area contributed by atoms with Gasteiger partial charge < -0.3 is 4.74 Å². The monoisotopic (exact) mass is 247 g/mol. The zero-order valence-corrected chi connectivity index (χ0v) is 9.73. The summed E-state index contributed by atoms with van der Waals surface area (Å²) >= 11 is 11.2. The fourth-order valence-electron chi connectivity index (χ4n) is 1.01. The van der Waals surface area contributed by atoms with Crippen LogP contribution in [0.3, 0.4) is 0 Å². The molecule has 1 rings (SSSR count). The van der Waals surface area contributed by atoms with E-state index >= 15 is 0 Å². The molecule has 5 heteroatoms. The molecule has 82 valence electrons. The number of ether oxygens (including phenoxy) is 1. The van der Waals surface area contributed by atoms with E-state index in [1.807, 2.05) is 13.0 Å². The predicted molar refractivity (Wildman–Crippen MR) is 61.9 cm³/mol. The van der Waals surface area contributed by atoms with Crippen molar-refractivity contribution in [1.82, 2.24) is 0 Å². The minimum atomic E-state index is -0.527. The van der Waals surface area contributed by atoms with Crippen LogP contribution in [0.15, 0.2) is 18.2 Å². The van der Waals surface area contributed by atoms with E-state index in [1.165, 1.54) is 0 Å². The Balaban J connectivity index is 2.63. The summed E-state index contributed by atoms with van der Waals surface area (Å²) < 4.78 is 4.76. The highest BCUT2D eigenvalue weighted by Crippen LogP contribution is 2.20. The summed E-state index contributed by atoms with van der Waals surface area (Å²) in [4.78, 5) is 11.2. The molecule has 0 heterocycles. The topological polar surface area (TPSA) is 38.3 Å². The normalized spacial score (nSPS) is 9.80. The van der Waals surface area contributed by atoms with Crippen LogP contribution >= 0.6 is 23.2 Å². The third kappa shape index (κ3) is 3.98. The maximum atomic E-state index is 11.2. The molecule has 0 unspecified atom stereocenters. The fraction of sp³-hybridized carbons (Fsp3) is 0.300. The lowest BCUT2D eigenvalue weighted by molar-refractivity contribution is 0.168. The standard InChI is InChI=1S/C10H11Cl2NO2/c1-7-2-3-8(12)6-9(7)13-10(14)15-5-4-11/h2-3,6H,4-5H2,1H3,(H,13,14). The number of aryl methyl sites for hydroxylation is 1. The lowest BCUT2D eigenvalue weighted by Crippen LogP contribution is -2.15. The average molecular weight is 248 g/mol. The van der Waals surface area contributed by atoms with Gasteiger partial charge in [0.2, 0.25) is 0 Å². The average Bonchev–Trinajstić information content (AvgIpc) is 2.20. The summed E-state index contributed by atoms with van der Waals surface area (Å²) in [5.41, 5.74) is 1.56. The second-order valence-corrected chi connectivity index (χ2v) is 3.72. The summed E-state index contributed by atoms with van der Waals surface area (Å²) in [6.07, 6.45) is -0.527. The van der Waals surface area contributed by atoms with Crippen molar-refractivity contribution in [3.05, 3.63) is 28.8 Å². The third-order valence-corrected chi connectivity index (χ3v) is 2.14. The highest BCUT2D eigenvalue weighted by Gasteiger charge is 2.05. The van der Waals surface area contributed by atoms with Crippen LogP contribution in [0.2, 0.25) is 5.02 Å². The van der Waals surface area contributed by atoms with Gasteiger partial charge in [-0.25, -0.2) is 4.79 Å². The van der Waals surface area contributed by atoms with Gasteiger partial charge in [0, 0.05) is 10.7 Å². The summed E-state index contributed by atoms with van der Waals surface area (Å²) in [7, 11) is 0. The van der Waals surface area contributed by atoms with Crippen LogP contribution in [0.4, 0.5) is 10.5 Å². The van der Waals surface area contributed by atoms with E-state index < -0.39 is 6.09 Å². The highest BCUT2D eigenvalue weighted by atomic mass is 35.5. The van der Waals surface area contributed by atoms with E-state index in [9.17, 15) is 4.79 Å². The number of benzene rings is 1. The summed E-state index contributed by atoms with van der Waals surface area (Å²) in [6.45, 7) is 2.06. The molecule has 1 amide bonds. The molecule has 0 fully saturated rings. The van der Waals surface area contributed by atoms with Crippen molar-refractivity contribution in [3.8, 4) is 0 Å². The first-order valence-corrected chi connectivity index (χ1v) is 5.30. The Morgan fingerprint density at radius 2 is 2.27 bits per heavy atom. The van der Waals surface area contributed by atoms with Gasteiger partial charge in [0.25, 0.3) is 0 Å². The van der Waals surface area contributed by atoms with Crippen LogP contribution in [0.25, 0.3) is 0 Å². The smallest absolute Gasteiger partial charge is 0.411 e. The minimum absolute atomic E-state index is 0.188. The molecule has 1 aromatic carbocycles. The number of carbonyl (C=O) groups excluding carboxylic acids is 1. The highest BCUT2D eigenvalue weighted by molar-refractivity contribution is 6.31. The van der Waals surface area contributed by atoms with Gasteiger partial charge in [-0.2, -0.15) is 0 Å². The van der Waals surface area contributed by atoms with Gasteiger partial charge in [-0.1, -0.05) is 17.7 Å². The molecule has 0 saturated carbocycles. The zero-order chi connectivity index (χ0) is 11.3. The Kier molecular flexibility index (Phi) is 4.72. The second-order valence-electron chi connectivity index (χ2n) is 2.91. The van der Waals surface area contributed by atoms with Gasteiger partial charge in [0.05, 0.1) is 5.88 Å². The molecule has 1 aromatic rings. The predicted octanol–water partition coefficient (Wildman–Crippen LogP) is 3.44. The summed E-state index contributed by atoms with van der Waals surface area (Å²) in [5, 5.41) is 3.14. The van der Waals surface area contributed by atoms with E-state index in [-0.39, 0.29) is 12.5 Å². The van der Waals surface area contributed by atoms with Crippen molar-refractivity contribution in [2.45, 2.75) is 6.92 Å². The van der Waals surface area contributed by atoms with Crippen LogP contribution in [-0.2, 0) is 4.74 Å². The number of hydrogen-bond donors (Lipinski definition) is 1. The Labute approximate surface area is 98.3 Å². The molecule has 0 saturated heterocycles. The molecule has 1 N–H and O–H groups in total. The quantitative estimate of drug-likeness (QED) is 0.832. The fourth-order valence-corrected chi connectivity index (χ4v) is 1.26. The molecule has 0 aliphatic heterocycles. The Morgan fingerprint density at radius 1 is 1.53 bits per heavy atom. The van der Waals surface area contributed by atoms with Gasteiger partial charge in [-0.15, -0.1) is 11.6 Å². The van der Waals surface area contributed by atoms with Crippen LogP contribution in [0, 0.1) is 6.92 Å². The maximum Gasteiger partial charge on any atom is 0.411 e. The van der Waals surface area contributed by atoms with Crippen molar-refractivity contribution < 1.29 is 9.53 Å². The van der Waals surface area contributed by atoms with E-state index in [0.29, 0.717) is 10.7 Å². The number of halogens is 2. The SMILES string of the molecule is Cc1ccc(Cl)cc1NC(=O)OCCCl. The van der Waals surface area contributed by atoms with E-state index in [0.717, 1.165) is 5.56 Å². The van der Waals surface area contributed by atoms with Gasteiger partial charge in [0.1, 0.15) is 6.61 Å². The molecule has 0 spiro atoms. The van der Waals surface area contributed by atoms with E-state index in [4.69, 9.17) is 27.9 Å². The van der Waals surface area contributed by atoms with Crippen LogP contribution in [0.5, 0.6) is 0 Å². The molecular formula is C10H11Cl2NO2. The number of nitrogens with one attached hydrogen (secondary N) is 1. The summed E-state index contributed by atoms with van der Waals surface area (Å²) in [5.74, 6) is 0.280. The number of amides is 1. The first kappa shape index (κ1) is 12.1. The molecule has 0 aliphatic rings. The lowest BCUT2D eigenvalue weighted by Gasteiger charge is -2.08. The third-order valence-electron chi connectivity index (χ3n) is 1.75. The largest absolute Gasteiger partial charge is 0.448 e. The number of alkyl halides is 1. The molecule has 0 bridgehead atoms. The number of carbonyl (C=O) groups is 1. The Bertz CT molecular complexity index is 355. The molecule has 0 radical (unpaired) electrons. The Hall–Kier alpha value is -0.930. The van der Waals surface area contributed by atoms with Crippen LogP contribution in [-0.4, -0.2) is 18.6 Å². The van der Waals surface area contributed by atoms with Crippen molar-refractivity contribution in [3.63, 3.8) is 0 Å². The van der Waals surface area contributed by atoms with Crippen molar-refractivity contribution >= 4 is 35.0 Å². The Morgan fingerprint density at radius 3 is 2.93 bits per heavy atom. The summed E-state index contributed by atoms with van der Waals surface area (Å²) in [6, 6.07) is 5.24. The lowest BCUT2D eigenvalue weighted by atomic mass is 10.2. The molecule has 0 atom stereocenters. The van der Waals surface area contributed by atoms with Crippen LogP contribution in [0.1, 0.15) is 5.56 Å². The molecular weight excluding hydrogens is 237 g/mol. The second kappa shape index (κ2) is 5.83. The van der Waals surface area contributed by atoms with Crippen molar-refractivity contribution in [2.75, 3.05) is 17.8 Å². The van der Waals surface area contributed by atoms with Gasteiger partial charge in [0.15, 0.2) is 0 Å². The van der Waals surface area contributed by atoms with Gasteiger partial charge >= 0.3 is 6.09 Å². The van der Waals surface area contributed by atoms with Crippen molar-refractivity contribution in [2.24, 2.45) is 0 Å².